The third-order valence-corrected chi connectivity index (χ3v) is 3.55. The lowest BCUT2D eigenvalue weighted by molar-refractivity contribution is -0.138. The fourth-order valence-electron chi connectivity index (χ4n) is 2.26. The lowest BCUT2D eigenvalue weighted by Crippen LogP contribution is -2.53. The molecule has 5 nitrogen and oxygen atoms in total. The Morgan fingerprint density at radius 1 is 1.42 bits per heavy atom. The van der Waals surface area contributed by atoms with Crippen LogP contribution in [0, 0.1) is 5.41 Å². The number of ether oxygens (including phenoxy) is 1. The number of hydrogen-bond acceptors (Lipinski definition) is 3. The number of hydrogen-bond donors (Lipinski definition) is 1. The van der Waals surface area contributed by atoms with Crippen molar-refractivity contribution in [2.24, 2.45) is 5.41 Å². The zero-order chi connectivity index (χ0) is 14.6. The maximum absolute atomic E-state index is 12.6. The van der Waals surface area contributed by atoms with Crippen LogP contribution in [-0.4, -0.2) is 49.1 Å². The minimum Gasteiger partial charge on any atom is -0.385 e. The number of carbonyl (C=O) groups is 2. The average Bonchev–Trinajstić information content (AvgIpc) is 2.45. The third-order valence-electron chi connectivity index (χ3n) is 3.55. The molecule has 0 aromatic heterocycles. The van der Waals surface area contributed by atoms with Crippen molar-refractivity contribution in [3.05, 3.63) is 0 Å². The quantitative estimate of drug-likeness (QED) is 0.834. The monoisotopic (exact) mass is 270 g/mol. The van der Waals surface area contributed by atoms with Gasteiger partial charge in [0.25, 0.3) is 0 Å². The molecule has 2 atom stereocenters. The van der Waals surface area contributed by atoms with E-state index >= 15 is 0 Å². The van der Waals surface area contributed by atoms with Crippen molar-refractivity contribution in [1.82, 2.24) is 10.2 Å². The number of rotatable bonds is 4. The molecule has 1 aliphatic rings. The van der Waals surface area contributed by atoms with E-state index in [0.29, 0.717) is 19.6 Å². The first-order valence-corrected chi connectivity index (χ1v) is 6.86. The zero-order valence-electron chi connectivity index (χ0n) is 12.7. The molecule has 1 fully saturated rings. The van der Waals surface area contributed by atoms with Crippen molar-refractivity contribution in [3.63, 3.8) is 0 Å². The minimum absolute atomic E-state index is 0.0157. The van der Waals surface area contributed by atoms with Crippen LogP contribution in [0.1, 0.15) is 40.5 Å². The maximum atomic E-state index is 12.6. The Morgan fingerprint density at radius 2 is 2.05 bits per heavy atom. The van der Waals surface area contributed by atoms with E-state index < -0.39 is 6.04 Å². The van der Waals surface area contributed by atoms with Crippen molar-refractivity contribution < 1.29 is 14.3 Å². The smallest absolute Gasteiger partial charge is 0.245 e. The number of nitrogens with one attached hydrogen (secondary N) is 1. The highest BCUT2D eigenvalue weighted by Crippen LogP contribution is 2.24. The molecule has 0 aromatic rings. The van der Waals surface area contributed by atoms with Gasteiger partial charge in [-0.1, -0.05) is 20.8 Å². The van der Waals surface area contributed by atoms with Crippen LogP contribution in [0.3, 0.4) is 0 Å². The first-order valence-electron chi connectivity index (χ1n) is 6.86. The van der Waals surface area contributed by atoms with Crippen molar-refractivity contribution in [2.45, 2.75) is 52.6 Å². The third kappa shape index (κ3) is 4.20. The van der Waals surface area contributed by atoms with Crippen LogP contribution in [0.5, 0.6) is 0 Å². The topological polar surface area (TPSA) is 58.6 Å². The molecule has 5 heteroatoms. The standard InChI is InChI=1S/C14H26N2O3/c1-10(7-9-19-5)16-8-6-11(17)15-12(13(16)18)14(2,3)4/h10,12H,6-9H2,1-5H3,(H,15,17). The van der Waals surface area contributed by atoms with E-state index in [1.54, 1.807) is 7.11 Å². The van der Waals surface area contributed by atoms with Crippen molar-refractivity contribution in [1.29, 1.82) is 0 Å². The molecule has 1 heterocycles. The molecular weight excluding hydrogens is 244 g/mol. The van der Waals surface area contributed by atoms with Gasteiger partial charge in [0.15, 0.2) is 0 Å². The highest BCUT2D eigenvalue weighted by molar-refractivity contribution is 5.90. The average molecular weight is 270 g/mol. The van der Waals surface area contributed by atoms with Gasteiger partial charge in [0, 0.05) is 32.7 Å². The second-order valence-corrected chi connectivity index (χ2v) is 6.28. The Hall–Kier alpha value is -1.10. The molecule has 0 saturated carbocycles. The Balaban J connectivity index is 2.86. The fraction of sp³-hybridized carbons (Fsp3) is 0.857. The summed E-state index contributed by atoms with van der Waals surface area (Å²) >= 11 is 0. The molecule has 0 radical (unpaired) electrons. The van der Waals surface area contributed by atoms with E-state index in [-0.39, 0.29) is 23.3 Å². The Bertz CT molecular complexity index is 336. The van der Waals surface area contributed by atoms with Crippen LogP contribution in [-0.2, 0) is 14.3 Å². The van der Waals surface area contributed by atoms with Gasteiger partial charge in [-0.05, 0) is 18.8 Å². The predicted octanol–water partition coefficient (Wildman–Crippen LogP) is 1.17. The summed E-state index contributed by atoms with van der Waals surface area (Å²) in [5, 5.41) is 2.85. The summed E-state index contributed by atoms with van der Waals surface area (Å²) < 4.78 is 5.06. The van der Waals surface area contributed by atoms with Crippen molar-refractivity contribution >= 4 is 11.8 Å². The van der Waals surface area contributed by atoms with Crippen LogP contribution < -0.4 is 5.32 Å². The molecule has 2 amide bonds. The number of amides is 2. The maximum Gasteiger partial charge on any atom is 0.245 e. The number of methoxy groups -OCH3 is 1. The summed E-state index contributed by atoms with van der Waals surface area (Å²) in [6.45, 7) is 9.03. The van der Waals surface area contributed by atoms with Gasteiger partial charge in [-0.15, -0.1) is 0 Å². The minimum atomic E-state index is -0.451. The van der Waals surface area contributed by atoms with Gasteiger partial charge in [-0.25, -0.2) is 0 Å². The Labute approximate surface area is 115 Å². The van der Waals surface area contributed by atoms with Crippen molar-refractivity contribution in [3.8, 4) is 0 Å². The predicted molar refractivity (Wildman–Crippen MR) is 73.7 cm³/mol. The zero-order valence-corrected chi connectivity index (χ0v) is 12.7. The lowest BCUT2D eigenvalue weighted by Gasteiger charge is -2.35. The SMILES string of the molecule is COCCC(C)N1CCC(=O)NC(C(C)(C)C)C1=O. The number of nitrogens with zero attached hydrogens (tertiary/aromatic N) is 1. The molecule has 1 saturated heterocycles. The van der Waals surface area contributed by atoms with E-state index in [2.05, 4.69) is 5.32 Å². The summed E-state index contributed by atoms with van der Waals surface area (Å²) in [6, 6.07) is -0.363. The van der Waals surface area contributed by atoms with Crippen LogP contribution in [0.4, 0.5) is 0 Å². The van der Waals surface area contributed by atoms with Crippen LogP contribution in [0.25, 0.3) is 0 Å². The van der Waals surface area contributed by atoms with Gasteiger partial charge in [0.2, 0.25) is 11.8 Å². The molecule has 0 aliphatic carbocycles. The van der Waals surface area contributed by atoms with Gasteiger partial charge in [0.1, 0.15) is 6.04 Å². The molecule has 2 unspecified atom stereocenters. The lowest BCUT2D eigenvalue weighted by atomic mass is 9.85. The van der Waals surface area contributed by atoms with E-state index in [0.717, 1.165) is 6.42 Å². The van der Waals surface area contributed by atoms with E-state index in [1.807, 2.05) is 32.6 Å². The summed E-state index contributed by atoms with van der Waals surface area (Å²) in [6.07, 6.45) is 1.16. The molecule has 0 spiro atoms. The van der Waals surface area contributed by atoms with Crippen LogP contribution in [0.15, 0.2) is 0 Å². The Kier molecular flexibility index (Phi) is 5.35. The second kappa shape index (κ2) is 6.37. The van der Waals surface area contributed by atoms with Gasteiger partial charge in [0.05, 0.1) is 0 Å². The van der Waals surface area contributed by atoms with E-state index in [9.17, 15) is 9.59 Å². The molecule has 1 N–H and O–H groups in total. The summed E-state index contributed by atoms with van der Waals surface area (Å²) in [4.78, 5) is 26.2. The summed E-state index contributed by atoms with van der Waals surface area (Å²) in [5.74, 6) is -0.0309. The largest absolute Gasteiger partial charge is 0.385 e. The second-order valence-electron chi connectivity index (χ2n) is 6.28. The van der Waals surface area contributed by atoms with Gasteiger partial charge < -0.3 is 15.0 Å². The van der Waals surface area contributed by atoms with Gasteiger partial charge in [-0.3, -0.25) is 9.59 Å². The highest BCUT2D eigenvalue weighted by atomic mass is 16.5. The van der Waals surface area contributed by atoms with Gasteiger partial charge in [-0.2, -0.15) is 0 Å². The summed E-state index contributed by atoms with van der Waals surface area (Å²) in [7, 11) is 1.65. The molecular formula is C14H26N2O3. The molecule has 110 valence electrons. The Morgan fingerprint density at radius 3 is 2.58 bits per heavy atom. The number of carbonyl (C=O) groups excluding carboxylic acids is 2. The van der Waals surface area contributed by atoms with Crippen LogP contribution in [0.2, 0.25) is 0 Å². The highest BCUT2D eigenvalue weighted by Gasteiger charge is 2.39. The summed E-state index contributed by atoms with van der Waals surface area (Å²) in [5.41, 5.74) is -0.281. The first-order chi connectivity index (χ1) is 8.77. The van der Waals surface area contributed by atoms with Gasteiger partial charge >= 0.3 is 0 Å². The van der Waals surface area contributed by atoms with Crippen LogP contribution >= 0.6 is 0 Å². The van der Waals surface area contributed by atoms with Crippen molar-refractivity contribution in [2.75, 3.05) is 20.3 Å². The first kappa shape index (κ1) is 16.0. The molecule has 0 bridgehead atoms. The molecule has 0 aromatic carbocycles. The molecule has 19 heavy (non-hydrogen) atoms. The van der Waals surface area contributed by atoms with E-state index in [4.69, 9.17) is 4.74 Å². The molecule has 1 rings (SSSR count). The normalized spacial score (nSPS) is 23.0. The molecule has 1 aliphatic heterocycles. The van der Waals surface area contributed by atoms with E-state index in [1.165, 1.54) is 0 Å². The fourth-order valence-corrected chi connectivity index (χ4v) is 2.26.